The number of nitrogens with zero attached hydrogens (tertiary/aromatic N) is 1. The van der Waals surface area contributed by atoms with E-state index in [9.17, 15) is 4.79 Å². The summed E-state index contributed by atoms with van der Waals surface area (Å²) in [5.74, 6) is 0.608. The van der Waals surface area contributed by atoms with Crippen LogP contribution in [0.15, 0.2) is 24.3 Å². The second-order valence-electron chi connectivity index (χ2n) is 5.30. The first-order valence-corrected chi connectivity index (χ1v) is 8.25. The summed E-state index contributed by atoms with van der Waals surface area (Å²) < 4.78 is 5.37. The van der Waals surface area contributed by atoms with Gasteiger partial charge in [0.15, 0.2) is 5.13 Å². The van der Waals surface area contributed by atoms with Crippen molar-refractivity contribution in [3.05, 3.63) is 40.4 Å². The highest BCUT2D eigenvalue weighted by atomic mass is 35.5. The van der Waals surface area contributed by atoms with Gasteiger partial charge in [0.25, 0.3) is 5.91 Å². The molecule has 0 fully saturated rings. The molecule has 1 aliphatic rings. The summed E-state index contributed by atoms with van der Waals surface area (Å²) >= 11 is 1.53. The summed E-state index contributed by atoms with van der Waals surface area (Å²) in [4.78, 5) is 17.9. The van der Waals surface area contributed by atoms with Crippen molar-refractivity contribution >= 4 is 34.8 Å². The molecule has 1 heterocycles. The number of rotatable bonds is 4. The number of benzene rings is 1. The molecular formula is C16H20ClN3O2S. The van der Waals surface area contributed by atoms with Gasteiger partial charge in [-0.1, -0.05) is 0 Å². The minimum absolute atomic E-state index is 0. The molecule has 0 saturated carbocycles. The van der Waals surface area contributed by atoms with Crippen LogP contribution in [0.3, 0.4) is 0 Å². The van der Waals surface area contributed by atoms with Crippen molar-refractivity contribution < 1.29 is 9.53 Å². The summed E-state index contributed by atoms with van der Waals surface area (Å²) in [5.41, 5.74) is 7.64. The summed E-state index contributed by atoms with van der Waals surface area (Å²) in [5, 5.41) is 3.52. The number of nitrogens with two attached hydrogens (primary N) is 1. The first-order valence-electron chi connectivity index (χ1n) is 7.44. The van der Waals surface area contributed by atoms with Gasteiger partial charge in [-0.15, -0.1) is 23.7 Å². The molecule has 7 heteroatoms. The fourth-order valence-corrected chi connectivity index (χ4v) is 3.59. The quantitative estimate of drug-likeness (QED) is 0.885. The van der Waals surface area contributed by atoms with Gasteiger partial charge in [-0.05, 0) is 50.5 Å². The van der Waals surface area contributed by atoms with Crippen LogP contribution in [0.2, 0.25) is 0 Å². The Bertz CT molecular complexity index is 672. The molecule has 23 heavy (non-hydrogen) atoms. The van der Waals surface area contributed by atoms with Crippen LogP contribution in [0.1, 0.15) is 34.3 Å². The Labute approximate surface area is 145 Å². The smallest absolute Gasteiger partial charge is 0.257 e. The monoisotopic (exact) mass is 353 g/mol. The van der Waals surface area contributed by atoms with E-state index in [2.05, 4.69) is 10.3 Å². The number of aromatic nitrogens is 1. The predicted octanol–water partition coefficient (Wildman–Crippen LogP) is 3.03. The molecule has 0 bridgehead atoms. The van der Waals surface area contributed by atoms with Crippen LogP contribution in [0.25, 0.3) is 0 Å². The van der Waals surface area contributed by atoms with Gasteiger partial charge in [0.2, 0.25) is 0 Å². The highest BCUT2D eigenvalue weighted by Gasteiger charge is 2.20. The van der Waals surface area contributed by atoms with Crippen LogP contribution in [0, 0.1) is 0 Å². The Morgan fingerprint density at radius 1 is 1.43 bits per heavy atom. The van der Waals surface area contributed by atoms with Crippen molar-refractivity contribution in [2.75, 3.05) is 11.9 Å². The van der Waals surface area contributed by atoms with Gasteiger partial charge in [-0.2, -0.15) is 0 Å². The molecule has 1 amide bonds. The Morgan fingerprint density at radius 3 is 2.87 bits per heavy atom. The second kappa shape index (κ2) is 7.77. The predicted molar refractivity (Wildman–Crippen MR) is 94.9 cm³/mol. The number of fused-ring (bicyclic) bond motifs is 1. The van der Waals surface area contributed by atoms with Crippen molar-refractivity contribution in [2.24, 2.45) is 5.73 Å². The van der Waals surface area contributed by atoms with Gasteiger partial charge in [0, 0.05) is 16.5 Å². The molecule has 2 aromatic rings. The van der Waals surface area contributed by atoms with Crippen LogP contribution in [0.4, 0.5) is 5.13 Å². The molecule has 3 rings (SSSR count). The van der Waals surface area contributed by atoms with Gasteiger partial charge >= 0.3 is 0 Å². The normalized spacial score (nSPS) is 16.2. The minimum Gasteiger partial charge on any atom is -0.494 e. The number of carbonyl (C=O) groups is 1. The van der Waals surface area contributed by atoms with E-state index in [0.717, 1.165) is 30.7 Å². The number of thiazole rings is 1. The van der Waals surface area contributed by atoms with E-state index in [1.165, 1.54) is 16.2 Å². The number of hydrogen-bond donors (Lipinski definition) is 2. The Morgan fingerprint density at radius 2 is 2.17 bits per heavy atom. The fraction of sp³-hybridized carbons (Fsp3) is 0.375. The van der Waals surface area contributed by atoms with Gasteiger partial charge in [0.1, 0.15) is 5.75 Å². The first-order chi connectivity index (χ1) is 10.7. The van der Waals surface area contributed by atoms with Crippen LogP contribution in [-0.4, -0.2) is 23.5 Å². The molecule has 3 N–H and O–H groups in total. The number of carbonyl (C=O) groups excluding carboxylic acids is 1. The van der Waals surface area contributed by atoms with E-state index in [4.69, 9.17) is 10.5 Å². The van der Waals surface area contributed by atoms with Gasteiger partial charge in [-0.3, -0.25) is 10.1 Å². The molecule has 1 aromatic carbocycles. The Hall–Kier alpha value is -1.63. The number of nitrogens with one attached hydrogen (secondary N) is 1. The van der Waals surface area contributed by atoms with Gasteiger partial charge < -0.3 is 10.5 Å². The lowest BCUT2D eigenvalue weighted by molar-refractivity contribution is 0.102. The van der Waals surface area contributed by atoms with E-state index >= 15 is 0 Å². The summed E-state index contributed by atoms with van der Waals surface area (Å²) in [6.45, 7) is 2.54. The molecule has 5 nitrogen and oxygen atoms in total. The average Bonchev–Trinajstić information content (AvgIpc) is 2.89. The molecule has 0 unspecified atom stereocenters. The lowest BCUT2D eigenvalue weighted by atomic mass is 9.99. The van der Waals surface area contributed by atoms with E-state index in [1.807, 2.05) is 6.92 Å². The molecule has 1 atom stereocenters. The molecular weight excluding hydrogens is 334 g/mol. The number of ether oxygens (including phenoxy) is 1. The Balaban J connectivity index is 0.00000192. The average molecular weight is 354 g/mol. The third-order valence-corrected chi connectivity index (χ3v) is 4.66. The van der Waals surface area contributed by atoms with E-state index < -0.39 is 0 Å². The van der Waals surface area contributed by atoms with E-state index in [1.54, 1.807) is 24.3 Å². The molecule has 0 spiro atoms. The van der Waals surface area contributed by atoms with Crippen LogP contribution in [0.5, 0.6) is 5.75 Å². The SMILES string of the molecule is CCOc1ccc(C(=O)Nc2nc3c(s2)C[C@@H](N)CC3)cc1.Cl. The maximum atomic E-state index is 12.3. The van der Waals surface area contributed by atoms with Crippen molar-refractivity contribution in [1.29, 1.82) is 0 Å². The molecule has 1 aromatic heterocycles. The van der Waals surface area contributed by atoms with Crippen molar-refractivity contribution in [3.8, 4) is 5.75 Å². The first kappa shape index (κ1) is 17.7. The summed E-state index contributed by atoms with van der Waals surface area (Å²) in [6.07, 6.45) is 2.71. The van der Waals surface area contributed by atoms with Crippen molar-refractivity contribution in [1.82, 2.24) is 4.98 Å². The lowest BCUT2D eigenvalue weighted by Crippen LogP contribution is -2.27. The van der Waals surface area contributed by atoms with Crippen LogP contribution >= 0.6 is 23.7 Å². The molecule has 1 aliphatic carbocycles. The van der Waals surface area contributed by atoms with Gasteiger partial charge in [0.05, 0.1) is 12.3 Å². The fourth-order valence-electron chi connectivity index (χ4n) is 2.49. The number of amides is 1. The topological polar surface area (TPSA) is 77.2 Å². The maximum absolute atomic E-state index is 12.3. The zero-order chi connectivity index (χ0) is 15.5. The third kappa shape index (κ3) is 4.22. The van der Waals surface area contributed by atoms with Gasteiger partial charge in [-0.25, -0.2) is 4.98 Å². The minimum atomic E-state index is -0.154. The second-order valence-corrected chi connectivity index (χ2v) is 6.39. The lowest BCUT2D eigenvalue weighted by Gasteiger charge is -2.15. The molecule has 0 aliphatic heterocycles. The summed E-state index contributed by atoms with van der Waals surface area (Å²) in [6, 6.07) is 7.31. The molecule has 0 saturated heterocycles. The Kier molecular flexibility index (Phi) is 5.98. The maximum Gasteiger partial charge on any atom is 0.257 e. The van der Waals surface area contributed by atoms with Crippen LogP contribution in [-0.2, 0) is 12.8 Å². The number of halogens is 1. The number of aryl methyl sites for hydroxylation is 1. The third-order valence-electron chi connectivity index (χ3n) is 3.63. The van der Waals surface area contributed by atoms with Crippen molar-refractivity contribution in [3.63, 3.8) is 0 Å². The zero-order valence-corrected chi connectivity index (χ0v) is 14.5. The zero-order valence-electron chi connectivity index (χ0n) is 12.9. The highest BCUT2D eigenvalue weighted by Crippen LogP contribution is 2.29. The van der Waals surface area contributed by atoms with Crippen molar-refractivity contribution in [2.45, 2.75) is 32.2 Å². The van der Waals surface area contributed by atoms with Crippen LogP contribution < -0.4 is 15.8 Å². The summed E-state index contributed by atoms with van der Waals surface area (Å²) in [7, 11) is 0. The largest absolute Gasteiger partial charge is 0.494 e. The standard InChI is InChI=1S/C16H19N3O2S.ClH/c1-2-21-12-6-3-10(4-7-12)15(20)19-16-18-13-8-5-11(17)9-14(13)22-16;/h3-4,6-7,11H,2,5,8-9,17H2,1H3,(H,18,19,20);1H/t11-;/m0./s1. The molecule has 0 radical (unpaired) electrons. The molecule has 124 valence electrons. The van der Waals surface area contributed by atoms with E-state index in [0.29, 0.717) is 17.3 Å². The highest BCUT2D eigenvalue weighted by molar-refractivity contribution is 7.15. The number of anilines is 1. The van der Waals surface area contributed by atoms with E-state index in [-0.39, 0.29) is 24.4 Å². The number of hydrogen-bond acceptors (Lipinski definition) is 5.